The van der Waals surface area contributed by atoms with E-state index in [1.165, 1.54) is 12.1 Å². The quantitative estimate of drug-likeness (QED) is 0.524. The molecule has 2 N–H and O–H groups in total. The lowest BCUT2D eigenvalue weighted by Crippen LogP contribution is -2.85. The van der Waals surface area contributed by atoms with Gasteiger partial charge >= 0.3 is 0 Å². The number of nitrogens with zero attached hydrogens (tertiary/aromatic N) is 3. The Bertz CT molecular complexity index is 911. The van der Waals surface area contributed by atoms with Crippen LogP contribution >= 0.6 is 11.6 Å². The maximum Gasteiger partial charge on any atom is 0.274 e. The van der Waals surface area contributed by atoms with Crippen molar-refractivity contribution >= 4 is 17.3 Å². The Kier molecular flexibility index (Phi) is 5.29. The number of nitro groups is 1. The van der Waals surface area contributed by atoms with E-state index >= 15 is 0 Å². The zero-order valence-electron chi connectivity index (χ0n) is 14.3. The second-order valence-corrected chi connectivity index (χ2v) is 6.45. The maximum atomic E-state index is 10.7. The number of hydrogen-bond donors (Lipinski definition) is 1. The van der Waals surface area contributed by atoms with Crippen molar-refractivity contribution in [1.29, 1.82) is 0 Å². The van der Waals surface area contributed by atoms with Crippen LogP contribution in [-0.4, -0.2) is 15.1 Å². The molecule has 2 atom stereocenters. The van der Waals surface area contributed by atoms with Gasteiger partial charge in [-0.2, -0.15) is 0 Å². The molecule has 0 aliphatic heterocycles. The predicted octanol–water partition coefficient (Wildman–Crippen LogP) is 3.68. The highest BCUT2D eigenvalue weighted by molar-refractivity contribution is 6.31. The van der Waals surface area contributed by atoms with Crippen molar-refractivity contribution in [3.05, 3.63) is 75.1 Å². The highest BCUT2D eigenvalue weighted by Crippen LogP contribution is 2.23. The first kappa shape index (κ1) is 18.0. The molecule has 0 spiro atoms. The largest absolute Gasteiger partial charge is 0.415 e. The zero-order chi connectivity index (χ0) is 18.7. The molecule has 1 heterocycles. The fourth-order valence-corrected chi connectivity index (χ4v) is 3.03. The zero-order valence-corrected chi connectivity index (χ0v) is 15.1. The van der Waals surface area contributed by atoms with Crippen molar-refractivity contribution in [3.8, 4) is 11.5 Å². The molecule has 8 heteroatoms. The highest BCUT2D eigenvalue weighted by atomic mass is 35.5. The Hall–Kier alpha value is -2.77. The molecular weight excluding hydrogens is 356 g/mol. The lowest BCUT2D eigenvalue weighted by molar-refractivity contribution is -0.730. The minimum atomic E-state index is -0.448. The molecule has 2 aromatic carbocycles. The summed E-state index contributed by atoms with van der Waals surface area (Å²) in [5.74, 6) is 0.817. The Morgan fingerprint density at radius 2 is 1.77 bits per heavy atom. The van der Waals surface area contributed by atoms with Crippen LogP contribution in [0.4, 0.5) is 5.69 Å². The van der Waals surface area contributed by atoms with Gasteiger partial charge in [0.2, 0.25) is 5.89 Å². The summed E-state index contributed by atoms with van der Waals surface area (Å²) in [7, 11) is 0. The van der Waals surface area contributed by atoms with Crippen LogP contribution in [0.5, 0.6) is 0 Å². The lowest BCUT2D eigenvalue weighted by atomic mass is 10.1. The van der Waals surface area contributed by atoms with E-state index < -0.39 is 4.92 Å². The molecular formula is C18H18ClN4O3+. The smallest absolute Gasteiger partial charge is 0.274 e. The molecule has 0 radical (unpaired) electrons. The Morgan fingerprint density at radius 3 is 2.42 bits per heavy atom. The van der Waals surface area contributed by atoms with Gasteiger partial charge in [0.1, 0.15) is 6.04 Å². The van der Waals surface area contributed by atoms with Crippen molar-refractivity contribution in [2.24, 2.45) is 0 Å². The average Bonchev–Trinajstić information content (AvgIpc) is 3.12. The van der Waals surface area contributed by atoms with E-state index in [2.05, 4.69) is 22.4 Å². The third-order valence-electron chi connectivity index (χ3n) is 4.13. The first-order valence-electron chi connectivity index (χ1n) is 8.13. The van der Waals surface area contributed by atoms with Gasteiger partial charge in [0.15, 0.2) is 6.04 Å². The second kappa shape index (κ2) is 7.63. The molecule has 0 saturated heterocycles. The first-order chi connectivity index (χ1) is 12.5. The van der Waals surface area contributed by atoms with Gasteiger partial charge in [0.25, 0.3) is 11.6 Å². The Balaban J connectivity index is 1.72. The van der Waals surface area contributed by atoms with E-state index in [4.69, 9.17) is 16.0 Å². The van der Waals surface area contributed by atoms with E-state index in [9.17, 15) is 10.1 Å². The van der Waals surface area contributed by atoms with Crippen molar-refractivity contribution in [2.75, 3.05) is 0 Å². The number of aromatic nitrogens is 2. The predicted molar refractivity (Wildman–Crippen MR) is 96.6 cm³/mol. The number of halogens is 1. The van der Waals surface area contributed by atoms with Crippen molar-refractivity contribution in [3.63, 3.8) is 0 Å². The SMILES string of the molecule is C[C@H]([NH2+][C@@H](C)c1ccccc1Cl)c1nnc(-c2ccc([N+](=O)[O-])cc2)o1. The van der Waals surface area contributed by atoms with Crippen LogP contribution in [0.15, 0.2) is 52.9 Å². The number of rotatable bonds is 6. The van der Waals surface area contributed by atoms with Gasteiger partial charge in [0, 0.05) is 28.3 Å². The summed E-state index contributed by atoms with van der Waals surface area (Å²) in [6.07, 6.45) is 0. The molecule has 7 nitrogen and oxygen atoms in total. The molecule has 0 amide bonds. The number of benzene rings is 2. The molecule has 0 aliphatic rings. The summed E-state index contributed by atoms with van der Waals surface area (Å²) in [4.78, 5) is 10.3. The molecule has 0 aliphatic carbocycles. The van der Waals surface area contributed by atoms with E-state index in [0.29, 0.717) is 17.3 Å². The molecule has 0 fully saturated rings. The molecule has 0 bridgehead atoms. The summed E-state index contributed by atoms with van der Waals surface area (Å²) in [6.45, 7) is 4.03. The first-order valence-corrected chi connectivity index (χ1v) is 8.51. The van der Waals surface area contributed by atoms with Crippen molar-refractivity contribution in [1.82, 2.24) is 10.2 Å². The summed E-state index contributed by atoms with van der Waals surface area (Å²) in [6, 6.07) is 13.8. The fraction of sp³-hybridized carbons (Fsp3) is 0.222. The van der Waals surface area contributed by atoms with E-state index in [1.54, 1.807) is 12.1 Å². The third-order valence-corrected chi connectivity index (χ3v) is 4.47. The van der Waals surface area contributed by atoms with Crippen LogP contribution in [-0.2, 0) is 0 Å². The van der Waals surface area contributed by atoms with Crippen molar-refractivity contribution in [2.45, 2.75) is 25.9 Å². The fourth-order valence-electron chi connectivity index (χ4n) is 2.72. The summed E-state index contributed by atoms with van der Waals surface area (Å²) in [5, 5.41) is 21.7. The second-order valence-electron chi connectivity index (χ2n) is 6.04. The number of hydrogen-bond acceptors (Lipinski definition) is 5. The Labute approximate surface area is 155 Å². The normalized spacial score (nSPS) is 13.3. The number of nitrogens with two attached hydrogens (primary N) is 1. The van der Waals surface area contributed by atoms with E-state index in [1.807, 2.05) is 31.2 Å². The van der Waals surface area contributed by atoms with Gasteiger partial charge < -0.3 is 9.73 Å². The topological polar surface area (TPSA) is 98.7 Å². The third kappa shape index (κ3) is 3.89. The van der Waals surface area contributed by atoms with Crippen LogP contribution in [0.25, 0.3) is 11.5 Å². The highest BCUT2D eigenvalue weighted by Gasteiger charge is 2.22. The van der Waals surface area contributed by atoms with Crippen LogP contribution in [0.3, 0.4) is 0 Å². The van der Waals surface area contributed by atoms with E-state index in [-0.39, 0.29) is 17.8 Å². The van der Waals surface area contributed by atoms with Crippen LogP contribution in [0, 0.1) is 10.1 Å². The molecule has 26 heavy (non-hydrogen) atoms. The average molecular weight is 374 g/mol. The number of quaternary nitrogens is 1. The monoisotopic (exact) mass is 373 g/mol. The summed E-state index contributed by atoms with van der Waals surface area (Å²) in [5.41, 5.74) is 1.69. The molecule has 0 saturated carbocycles. The van der Waals surface area contributed by atoms with Crippen molar-refractivity contribution < 1.29 is 14.7 Å². The molecule has 1 aromatic heterocycles. The van der Waals surface area contributed by atoms with E-state index in [0.717, 1.165) is 10.6 Å². The van der Waals surface area contributed by atoms with Gasteiger partial charge in [-0.3, -0.25) is 10.1 Å². The number of nitro benzene ring substituents is 1. The number of non-ortho nitro benzene ring substituents is 1. The van der Waals surface area contributed by atoms with Crippen LogP contribution < -0.4 is 5.32 Å². The molecule has 3 aromatic rings. The minimum Gasteiger partial charge on any atom is -0.415 e. The summed E-state index contributed by atoms with van der Waals surface area (Å²) < 4.78 is 5.74. The summed E-state index contributed by atoms with van der Waals surface area (Å²) >= 11 is 6.25. The van der Waals surface area contributed by atoms with Gasteiger partial charge in [-0.25, -0.2) is 0 Å². The molecule has 0 unspecified atom stereocenters. The minimum absolute atomic E-state index is 0.0174. The van der Waals surface area contributed by atoms with Gasteiger partial charge in [-0.05, 0) is 32.0 Å². The van der Waals surface area contributed by atoms with Gasteiger partial charge in [-0.15, -0.1) is 10.2 Å². The van der Waals surface area contributed by atoms with Gasteiger partial charge in [0.05, 0.1) is 4.92 Å². The molecule has 134 valence electrons. The molecule has 3 rings (SSSR count). The maximum absolute atomic E-state index is 10.7. The van der Waals surface area contributed by atoms with Crippen LogP contribution in [0.1, 0.15) is 37.4 Å². The lowest BCUT2D eigenvalue weighted by Gasteiger charge is -2.15. The Morgan fingerprint density at radius 1 is 1.08 bits per heavy atom. The van der Waals surface area contributed by atoms with Gasteiger partial charge in [-0.1, -0.05) is 29.8 Å². The van der Waals surface area contributed by atoms with Crippen LogP contribution in [0.2, 0.25) is 5.02 Å². The standard InChI is InChI=1S/C18H17ClN4O3/c1-11(15-5-3-4-6-16(15)19)20-12(2)17-21-22-18(26-17)13-7-9-14(10-8-13)23(24)25/h3-12,20H,1-2H3/p+1/t11-,12-/m0/s1.